The summed E-state index contributed by atoms with van der Waals surface area (Å²) in [5.74, 6) is 2.34. The van der Waals surface area contributed by atoms with Crippen molar-refractivity contribution < 1.29 is 4.79 Å². The van der Waals surface area contributed by atoms with Crippen LogP contribution in [0.3, 0.4) is 0 Å². The zero-order valence-corrected chi connectivity index (χ0v) is 17.7. The summed E-state index contributed by atoms with van der Waals surface area (Å²) < 4.78 is 0. The number of carbonyl (C=O) groups excluding carboxylic acids is 1. The SMILES string of the molecule is CCCN(c1ccc(C2CC2)cc1NC(=O)Nc1cncnc1)C1CC2CCC1C2. The minimum absolute atomic E-state index is 0.247. The van der Waals surface area contributed by atoms with Gasteiger partial charge in [0.15, 0.2) is 0 Å². The number of rotatable bonds is 7. The van der Waals surface area contributed by atoms with Crippen LogP contribution in [0, 0.1) is 11.8 Å². The average Bonchev–Trinajstić information content (AvgIpc) is 3.39. The van der Waals surface area contributed by atoms with Crippen molar-refractivity contribution >= 4 is 23.1 Å². The molecule has 5 rings (SSSR count). The number of hydrogen-bond acceptors (Lipinski definition) is 4. The van der Waals surface area contributed by atoms with Crippen LogP contribution < -0.4 is 15.5 Å². The summed E-state index contributed by atoms with van der Waals surface area (Å²) >= 11 is 0. The first kappa shape index (κ1) is 19.3. The molecule has 3 saturated carbocycles. The zero-order chi connectivity index (χ0) is 20.5. The van der Waals surface area contributed by atoms with Crippen LogP contribution in [0.2, 0.25) is 0 Å². The summed E-state index contributed by atoms with van der Waals surface area (Å²) in [5.41, 5.74) is 4.01. The van der Waals surface area contributed by atoms with Gasteiger partial charge in [0.25, 0.3) is 0 Å². The molecule has 0 radical (unpaired) electrons. The van der Waals surface area contributed by atoms with Gasteiger partial charge in [-0.15, -0.1) is 0 Å². The minimum Gasteiger partial charge on any atom is -0.367 e. The van der Waals surface area contributed by atoms with Crippen molar-refractivity contribution in [1.82, 2.24) is 9.97 Å². The smallest absolute Gasteiger partial charge is 0.323 e. The predicted molar refractivity (Wildman–Crippen MR) is 120 cm³/mol. The second-order valence-electron chi connectivity index (χ2n) is 9.19. The van der Waals surface area contributed by atoms with Crippen LogP contribution in [-0.2, 0) is 0 Å². The third-order valence-electron chi connectivity index (χ3n) is 7.01. The van der Waals surface area contributed by atoms with Gasteiger partial charge in [0.2, 0.25) is 0 Å². The van der Waals surface area contributed by atoms with Gasteiger partial charge in [0.1, 0.15) is 6.33 Å². The second-order valence-corrected chi connectivity index (χ2v) is 9.19. The summed E-state index contributed by atoms with van der Waals surface area (Å²) in [6, 6.07) is 7.07. The monoisotopic (exact) mass is 405 g/mol. The van der Waals surface area contributed by atoms with Crippen molar-refractivity contribution in [3.8, 4) is 0 Å². The normalized spacial score (nSPS) is 24.6. The molecule has 6 heteroatoms. The van der Waals surface area contributed by atoms with Gasteiger partial charge in [0, 0.05) is 12.6 Å². The molecule has 1 aromatic heterocycles. The van der Waals surface area contributed by atoms with Crippen LogP contribution in [0.15, 0.2) is 36.9 Å². The predicted octanol–water partition coefficient (Wildman–Crippen LogP) is 5.40. The van der Waals surface area contributed by atoms with E-state index >= 15 is 0 Å². The number of carbonyl (C=O) groups is 1. The molecule has 1 heterocycles. The molecule has 3 aliphatic rings. The van der Waals surface area contributed by atoms with E-state index in [9.17, 15) is 4.79 Å². The average molecular weight is 406 g/mol. The van der Waals surface area contributed by atoms with Crippen LogP contribution >= 0.6 is 0 Å². The fraction of sp³-hybridized carbons (Fsp3) is 0.542. The molecular weight excluding hydrogens is 374 g/mol. The highest BCUT2D eigenvalue weighted by atomic mass is 16.2. The number of fused-ring (bicyclic) bond motifs is 2. The third kappa shape index (κ3) is 4.00. The van der Waals surface area contributed by atoms with Crippen LogP contribution in [-0.4, -0.2) is 28.6 Å². The molecule has 2 amide bonds. The van der Waals surface area contributed by atoms with Crippen LogP contribution in [0.4, 0.5) is 21.9 Å². The number of aromatic nitrogens is 2. The van der Waals surface area contributed by atoms with Crippen molar-refractivity contribution in [2.24, 2.45) is 11.8 Å². The van der Waals surface area contributed by atoms with Crippen molar-refractivity contribution in [3.05, 3.63) is 42.5 Å². The molecule has 0 spiro atoms. The lowest BCUT2D eigenvalue weighted by Gasteiger charge is -2.37. The maximum absolute atomic E-state index is 12.8. The molecule has 30 heavy (non-hydrogen) atoms. The minimum atomic E-state index is -0.247. The lowest BCUT2D eigenvalue weighted by atomic mass is 9.93. The molecule has 3 aliphatic carbocycles. The number of hydrogen-bond donors (Lipinski definition) is 2. The van der Waals surface area contributed by atoms with Crippen LogP contribution in [0.1, 0.15) is 63.4 Å². The Morgan fingerprint density at radius 3 is 2.60 bits per heavy atom. The van der Waals surface area contributed by atoms with Gasteiger partial charge >= 0.3 is 6.03 Å². The molecule has 1 aromatic carbocycles. The summed E-state index contributed by atoms with van der Waals surface area (Å²) in [7, 11) is 0. The van der Waals surface area contributed by atoms with E-state index in [1.54, 1.807) is 12.4 Å². The number of anilines is 3. The van der Waals surface area contributed by atoms with Crippen molar-refractivity contribution in [1.29, 1.82) is 0 Å². The van der Waals surface area contributed by atoms with Gasteiger partial charge in [0.05, 0.1) is 29.5 Å². The molecule has 2 N–H and O–H groups in total. The van der Waals surface area contributed by atoms with Gasteiger partial charge < -0.3 is 15.5 Å². The summed E-state index contributed by atoms with van der Waals surface area (Å²) in [4.78, 5) is 23.3. The highest BCUT2D eigenvalue weighted by Gasteiger charge is 2.42. The number of nitrogens with one attached hydrogen (secondary N) is 2. The Bertz CT molecular complexity index is 898. The summed E-state index contributed by atoms with van der Waals surface area (Å²) in [5, 5.41) is 6.00. The van der Waals surface area contributed by atoms with Crippen LogP contribution in [0.25, 0.3) is 0 Å². The second kappa shape index (κ2) is 8.25. The van der Waals surface area contributed by atoms with E-state index < -0.39 is 0 Å². The van der Waals surface area contributed by atoms with E-state index in [0.717, 1.165) is 30.5 Å². The Morgan fingerprint density at radius 2 is 1.93 bits per heavy atom. The first-order valence-electron chi connectivity index (χ1n) is 11.4. The number of benzene rings is 1. The molecule has 0 saturated heterocycles. The molecule has 3 fully saturated rings. The molecule has 0 aliphatic heterocycles. The third-order valence-corrected chi connectivity index (χ3v) is 7.01. The Morgan fingerprint density at radius 1 is 1.10 bits per heavy atom. The van der Waals surface area contributed by atoms with Crippen molar-refractivity contribution in [3.63, 3.8) is 0 Å². The number of nitrogens with zero attached hydrogens (tertiary/aromatic N) is 3. The Balaban J connectivity index is 1.42. The first-order valence-corrected chi connectivity index (χ1v) is 11.4. The van der Waals surface area contributed by atoms with E-state index in [-0.39, 0.29) is 6.03 Å². The Kier molecular flexibility index (Phi) is 5.32. The van der Waals surface area contributed by atoms with Gasteiger partial charge in [-0.2, -0.15) is 0 Å². The highest BCUT2D eigenvalue weighted by molar-refractivity contribution is 6.01. The molecule has 3 atom stereocenters. The number of amides is 2. The van der Waals surface area contributed by atoms with Crippen molar-refractivity contribution in [2.45, 2.75) is 63.8 Å². The fourth-order valence-electron chi connectivity index (χ4n) is 5.52. The quantitative estimate of drug-likeness (QED) is 0.647. The molecular formula is C24H31N5O. The van der Waals surface area contributed by atoms with E-state index in [4.69, 9.17) is 0 Å². The summed E-state index contributed by atoms with van der Waals surface area (Å²) in [6.45, 7) is 3.27. The van der Waals surface area contributed by atoms with E-state index in [2.05, 4.69) is 50.6 Å². The van der Waals surface area contributed by atoms with Crippen molar-refractivity contribution in [2.75, 3.05) is 22.1 Å². The largest absolute Gasteiger partial charge is 0.367 e. The topological polar surface area (TPSA) is 70.2 Å². The molecule has 6 nitrogen and oxygen atoms in total. The standard InChI is InChI=1S/C24H31N5O/c1-2-9-29(23-11-16-3-4-19(23)10-16)22-8-7-18(17-5-6-17)12-21(22)28-24(30)27-20-13-25-15-26-14-20/h7-8,12-17,19,23H,2-6,9-11H2,1H3,(H2,27,28,30). The lowest BCUT2D eigenvalue weighted by molar-refractivity contribution is 0.262. The first-order chi connectivity index (χ1) is 14.7. The van der Waals surface area contributed by atoms with Crippen LogP contribution in [0.5, 0.6) is 0 Å². The molecule has 2 bridgehead atoms. The molecule has 158 valence electrons. The lowest BCUT2D eigenvalue weighted by Crippen LogP contribution is -2.40. The van der Waals surface area contributed by atoms with E-state index in [0.29, 0.717) is 17.6 Å². The molecule has 2 aromatic rings. The van der Waals surface area contributed by atoms with E-state index in [1.165, 1.54) is 56.1 Å². The molecule has 3 unspecified atom stereocenters. The maximum Gasteiger partial charge on any atom is 0.323 e. The van der Waals surface area contributed by atoms with Gasteiger partial charge in [-0.3, -0.25) is 0 Å². The Labute approximate surface area is 178 Å². The summed E-state index contributed by atoms with van der Waals surface area (Å²) in [6.07, 6.45) is 13.7. The number of urea groups is 1. The zero-order valence-electron chi connectivity index (χ0n) is 17.7. The van der Waals surface area contributed by atoms with Gasteiger partial charge in [-0.1, -0.05) is 19.4 Å². The van der Waals surface area contributed by atoms with Gasteiger partial charge in [-0.25, -0.2) is 14.8 Å². The maximum atomic E-state index is 12.8. The van der Waals surface area contributed by atoms with E-state index in [1.807, 2.05) is 0 Å². The Hall–Kier alpha value is -2.63. The highest BCUT2D eigenvalue weighted by Crippen LogP contribution is 2.49. The van der Waals surface area contributed by atoms with Gasteiger partial charge in [-0.05, 0) is 74.0 Å². The fourth-order valence-corrected chi connectivity index (χ4v) is 5.52.